The summed E-state index contributed by atoms with van der Waals surface area (Å²) < 4.78 is 4.81. The molecular weight excluding hydrogens is 260 g/mol. The van der Waals surface area contributed by atoms with E-state index in [2.05, 4.69) is 10.6 Å². The van der Waals surface area contributed by atoms with Crippen molar-refractivity contribution in [2.45, 2.75) is 32.7 Å². The van der Waals surface area contributed by atoms with E-state index in [9.17, 15) is 9.59 Å². The summed E-state index contributed by atoms with van der Waals surface area (Å²) in [6.07, 6.45) is 3.51. The first kappa shape index (κ1) is 16.2. The van der Waals surface area contributed by atoms with Crippen LogP contribution in [-0.4, -0.2) is 36.1 Å². The number of hydrogen-bond acceptors (Lipinski definition) is 4. The largest absolute Gasteiger partial charge is 0.472 e. The van der Waals surface area contributed by atoms with Gasteiger partial charge in [-0.3, -0.25) is 9.59 Å². The number of aliphatic hydroxyl groups excluding tert-OH is 1. The molecule has 1 rings (SSSR count). The van der Waals surface area contributed by atoms with E-state index in [1.54, 1.807) is 6.07 Å². The first-order chi connectivity index (χ1) is 9.54. The van der Waals surface area contributed by atoms with Gasteiger partial charge >= 0.3 is 0 Å². The van der Waals surface area contributed by atoms with Crippen molar-refractivity contribution in [2.24, 2.45) is 5.92 Å². The minimum atomic E-state index is -0.262. The van der Waals surface area contributed by atoms with Crippen LogP contribution in [0.2, 0.25) is 0 Å². The molecule has 112 valence electrons. The first-order valence-electron chi connectivity index (χ1n) is 6.75. The molecule has 1 aromatic heterocycles. The fourth-order valence-corrected chi connectivity index (χ4v) is 1.78. The summed E-state index contributed by atoms with van der Waals surface area (Å²) >= 11 is 0. The summed E-state index contributed by atoms with van der Waals surface area (Å²) in [5, 5.41) is 14.4. The molecule has 0 bridgehead atoms. The van der Waals surface area contributed by atoms with Crippen LogP contribution in [0.25, 0.3) is 0 Å². The Balaban J connectivity index is 2.27. The molecule has 6 nitrogen and oxygen atoms in total. The molecule has 0 aliphatic carbocycles. The highest BCUT2D eigenvalue weighted by Gasteiger charge is 2.15. The number of rotatable bonds is 8. The molecule has 1 heterocycles. The van der Waals surface area contributed by atoms with Crippen molar-refractivity contribution < 1.29 is 19.1 Å². The second-order valence-electron chi connectivity index (χ2n) is 4.95. The van der Waals surface area contributed by atoms with Crippen LogP contribution in [0.3, 0.4) is 0 Å². The van der Waals surface area contributed by atoms with Gasteiger partial charge in [0.25, 0.3) is 5.91 Å². The van der Waals surface area contributed by atoms with Crippen LogP contribution in [0.5, 0.6) is 0 Å². The SMILES string of the molecule is CC(C)C(CCO)NC(=O)CCNC(=O)c1ccoc1. The molecule has 0 fully saturated rings. The van der Waals surface area contributed by atoms with Crippen molar-refractivity contribution in [3.63, 3.8) is 0 Å². The quantitative estimate of drug-likeness (QED) is 0.661. The molecule has 20 heavy (non-hydrogen) atoms. The second kappa shape index (κ2) is 8.37. The first-order valence-corrected chi connectivity index (χ1v) is 6.75. The lowest BCUT2D eigenvalue weighted by molar-refractivity contribution is -0.122. The van der Waals surface area contributed by atoms with Crippen LogP contribution >= 0.6 is 0 Å². The van der Waals surface area contributed by atoms with Gasteiger partial charge in [0.05, 0.1) is 11.8 Å². The van der Waals surface area contributed by atoms with Crippen molar-refractivity contribution in [3.8, 4) is 0 Å². The molecule has 0 aromatic carbocycles. The van der Waals surface area contributed by atoms with Gasteiger partial charge in [-0.05, 0) is 18.4 Å². The fourth-order valence-electron chi connectivity index (χ4n) is 1.78. The van der Waals surface area contributed by atoms with E-state index in [0.717, 1.165) is 0 Å². The zero-order chi connectivity index (χ0) is 15.0. The second-order valence-corrected chi connectivity index (χ2v) is 4.95. The summed E-state index contributed by atoms with van der Waals surface area (Å²) in [5.74, 6) is -0.140. The minimum absolute atomic E-state index is 0.0420. The monoisotopic (exact) mass is 282 g/mol. The average Bonchev–Trinajstić information content (AvgIpc) is 2.91. The van der Waals surface area contributed by atoms with Gasteiger partial charge in [-0.1, -0.05) is 13.8 Å². The van der Waals surface area contributed by atoms with Crippen LogP contribution in [0.4, 0.5) is 0 Å². The van der Waals surface area contributed by atoms with Crippen molar-refractivity contribution in [1.82, 2.24) is 10.6 Å². The van der Waals surface area contributed by atoms with Crippen molar-refractivity contribution >= 4 is 11.8 Å². The topological polar surface area (TPSA) is 91.6 Å². The van der Waals surface area contributed by atoms with Crippen LogP contribution < -0.4 is 10.6 Å². The highest BCUT2D eigenvalue weighted by molar-refractivity contribution is 5.94. The maximum Gasteiger partial charge on any atom is 0.254 e. The predicted octanol–water partition coefficient (Wildman–Crippen LogP) is 0.923. The zero-order valence-electron chi connectivity index (χ0n) is 11.9. The fraction of sp³-hybridized carbons (Fsp3) is 0.571. The normalized spacial score (nSPS) is 12.2. The number of hydrogen-bond donors (Lipinski definition) is 3. The van der Waals surface area contributed by atoms with E-state index in [-0.39, 0.29) is 43.3 Å². The Morgan fingerprint density at radius 2 is 2.15 bits per heavy atom. The third-order valence-electron chi connectivity index (χ3n) is 3.01. The Morgan fingerprint density at radius 1 is 1.40 bits per heavy atom. The molecule has 3 N–H and O–H groups in total. The Labute approximate surface area is 118 Å². The van der Waals surface area contributed by atoms with Gasteiger partial charge in [0.2, 0.25) is 5.91 Å². The molecular formula is C14H22N2O4. The molecule has 0 saturated carbocycles. The molecule has 0 spiro atoms. The molecule has 1 aromatic rings. The molecule has 1 unspecified atom stereocenters. The van der Waals surface area contributed by atoms with E-state index < -0.39 is 0 Å². The van der Waals surface area contributed by atoms with E-state index in [1.807, 2.05) is 13.8 Å². The van der Waals surface area contributed by atoms with Crippen molar-refractivity contribution in [1.29, 1.82) is 0 Å². The predicted molar refractivity (Wildman–Crippen MR) is 74.1 cm³/mol. The number of aliphatic hydroxyl groups is 1. The Morgan fingerprint density at radius 3 is 2.70 bits per heavy atom. The minimum Gasteiger partial charge on any atom is -0.472 e. The molecule has 6 heteroatoms. The molecule has 0 aliphatic rings. The Bertz CT molecular complexity index is 415. The summed E-state index contributed by atoms with van der Waals surface area (Å²) in [7, 11) is 0. The zero-order valence-corrected chi connectivity index (χ0v) is 11.9. The van der Waals surface area contributed by atoms with E-state index in [4.69, 9.17) is 9.52 Å². The number of carbonyl (C=O) groups is 2. The molecule has 1 atom stereocenters. The van der Waals surface area contributed by atoms with Crippen LogP contribution in [0, 0.1) is 5.92 Å². The number of furan rings is 1. The maximum atomic E-state index is 11.7. The molecule has 0 aliphatic heterocycles. The third kappa shape index (κ3) is 5.44. The Kier molecular flexibility index (Phi) is 6.79. The molecule has 2 amide bonds. The van der Waals surface area contributed by atoms with E-state index in [0.29, 0.717) is 12.0 Å². The van der Waals surface area contributed by atoms with E-state index in [1.165, 1.54) is 12.5 Å². The highest BCUT2D eigenvalue weighted by atomic mass is 16.3. The van der Waals surface area contributed by atoms with Gasteiger partial charge in [-0.2, -0.15) is 0 Å². The number of carbonyl (C=O) groups excluding carboxylic acids is 2. The lowest BCUT2D eigenvalue weighted by Crippen LogP contribution is -2.40. The molecule has 0 radical (unpaired) electrons. The number of amides is 2. The standard InChI is InChI=1S/C14H22N2O4/c1-10(2)12(4-7-17)16-13(18)3-6-15-14(19)11-5-8-20-9-11/h5,8-10,12,17H,3-4,6-7H2,1-2H3,(H,15,19)(H,16,18). The summed E-state index contributed by atoms with van der Waals surface area (Å²) in [6.45, 7) is 4.28. The van der Waals surface area contributed by atoms with Crippen LogP contribution in [0.15, 0.2) is 23.0 Å². The lowest BCUT2D eigenvalue weighted by Gasteiger charge is -2.21. The van der Waals surface area contributed by atoms with Gasteiger partial charge in [0.1, 0.15) is 6.26 Å². The Hall–Kier alpha value is -1.82. The van der Waals surface area contributed by atoms with Gasteiger partial charge in [0, 0.05) is 25.6 Å². The average molecular weight is 282 g/mol. The van der Waals surface area contributed by atoms with Crippen LogP contribution in [0.1, 0.15) is 37.0 Å². The van der Waals surface area contributed by atoms with Gasteiger partial charge < -0.3 is 20.2 Å². The highest BCUT2D eigenvalue weighted by Crippen LogP contribution is 2.05. The number of nitrogens with one attached hydrogen (secondary N) is 2. The van der Waals surface area contributed by atoms with Crippen LogP contribution in [-0.2, 0) is 4.79 Å². The van der Waals surface area contributed by atoms with E-state index >= 15 is 0 Å². The van der Waals surface area contributed by atoms with Crippen molar-refractivity contribution in [3.05, 3.63) is 24.2 Å². The molecule has 0 saturated heterocycles. The summed E-state index contributed by atoms with van der Waals surface area (Å²) in [6, 6.07) is 1.52. The van der Waals surface area contributed by atoms with Crippen molar-refractivity contribution in [2.75, 3.05) is 13.2 Å². The maximum absolute atomic E-state index is 11.7. The lowest BCUT2D eigenvalue weighted by atomic mass is 10.0. The third-order valence-corrected chi connectivity index (χ3v) is 3.01. The van der Waals surface area contributed by atoms with Gasteiger partial charge in [-0.25, -0.2) is 0 Å². The summed E-state index contributed by atoms with van der Waals surface area (Å²) in [4.78, 5) is 23.3. The van der Waals surface area contributed by atoms with Gasteiger partial charge in [-0.15, -0.1) is 0 Å². The van der Waals surface area contributed by atoms with Gasteiger partial charge in [0.15, 0.2) is 0 Å². The smallest absolute Gasteiger partial charge is 0.254 e. The summed E-state index contributed by atoms with van der Waals surface area (Å²) in [5.41, 5.74) is 0.436.